The number of nitrogens with one attached hydrogen (secondary N) is 1. The molecule has 1 aromatic heterocycles. The molecule has 13 heavy (non-hydrogen) atoms. The molecule has 1 rings (SSSR count). The Kier molecular flexibility index (Phi) is 2.32. The number of aromatic amines is 1. The predicted octanol–water partition coefficient (Wildman–Crippen LogP) is -1.90. The average Bonchev–Trinajstić information content (AvgIpc) is 1.98. The van der Waals surface area contributed by atoms with Crippen molar-refractivity contribution in [3.8, 4) is 0 Å². The van der Waals surface area contributed by atoms with Gasteiger partial charge in [-0.25, -0.2) is 4.79 Å². The monoisotopic (exact) mass is 183 g/mol. The molecule has 0 atom stereocenters. The van der Waals surface area contributed by atoms with Crippen LogP contribution < -0.4 is 17.0 Å². The summed E-state index contributed by atoms with van der Waals surface area (Å²) in [6, 6.07) is 1.17. The van der Waals surface area contributed by atoms with Crippen molar-refractivity contribution in [2.75, 3.05) is 0 Å². The van der Waals surface area contributed by atoms with Gasteiger partial charge in [0.1, 0.15) is 0 Å². The summed E-state index contributed by atoms with van der Waals surface area (Å²) in [6.45, 7) is 0. The number of nitrogens with two attached hydrogens (primary N) is 1. The Balaban J connectivity index is 3.28. The van der Waals surface area contributed by atoms with Crippen molar-refractivity contribution in [3.63, 3.8) is 0 Å². The maximum absolute atomic E-state index is 11.0. The number of H-pyrrole nitrogens is 1. The van der Waals surface area contributed by atoms with Crippen LogP contribution in [0.5, 0.6) is 0 Å². The van der Waals surface area contributed by atoms with Crippen molar-refractivity contribution in [3.05, 3.63) is 32.6 Å². The highest BCUT2D eigenvalue weighted by atomic mass is 16.2. The third-order valence-electron chi connectivity index (χ3n) is 1.62. The van der Waals surface area contributed by atoms with Crippen LogP contribution in [0.1, 0.15) is 5.69 Å². The molecule has 0 aliphatic carbocycles. The maximum Gasteiger partial charge on any atom is 0.328 e. The Morgan fingerprint density at radius 3 is 2.77 bits per heavy atom. The van der Waals surface area contributed by atoms with Crippen LogP contribution in [-0.2, 0) is 18.3 Å². The first-order valence-corrected chi connectivity index (χ1v) is 3.58. The molecule has 0 aliphatic heterocycles. The Hall–Kier alpha value is -1.85. The van der Waals surface area contributed by atoms with Crippen molar-refractivity contribution < 1.29 is 4.79 Å². The van der Waals surface area contributed by atoms with Crippen LogP contribution in [0.2, 0.25) is 0 Å². The van der Waals surface area contributed by atoms with Gasteiger partial charge < -0.3 is 10.3 Å². The van der Waals surface area contributed by atoms with Crippen molar-refractivity contribution >= 4 is 5.91 Å². The number of rotatable bonds is 2. The quantitative estimate of drug-likeness (QED) is 0.560. The van der Waals surface area contributed by atoms with Crippen LogP contribution in [0, 0.1) is 0 Å². The molecule has 0 fully saturated rings. The zero-order chi connectivity index (χ0) is 10.0. The summed E-state index contributed by atoms with van der Waals surface area (Å²) < 4.78 is 1.17. The molecular weight excluding hydrogens is 174 g/mol. The van der Waals surface area contributed by atoms with Crippen LogP contribution in [0.3, 0.4) is 0 Å². The molecule has 0 unspecified atom stereocenters. The normalized spacial score (nSPS) is 9.92. The van der Waals surface area contributed by atoms with Gasteiger partial charge in [-0.15, -0.1) is 0 Å². The van der Waals surface area contributed by atoms with E-state index >= 15 is 0 Å². The largest absolute Gasteiger partial charge is 0.369 e. The van der Waals surface area contributed by atoms with E-state index in [0.29, 0.717) is 5.69 Å². The van der Waals surface area contributed by atoms with Gasteiger partial charge in [0.15, 0.2) is 0 Å². The number of hydrogen-bond donors (Lipinski definition) is 2. The van der Waals surface area contributed by atoms with Gasteiger partial charge in [-0.05, 0) is 0 Å². The van der Waals surface area contributed by atoms with Crippen LogP contribution in [0.15, 0.2) is 15.7 Å². The number of nitrogens with zero attached hydrogens (tertiary/aromatic N) is 1. The van der Waals surface area contributed by atoms with Gasteiger partial charge in [-0.1, -0.05) is 0 Å². The van der Waals surface area contributed by atoms with Crippen molar-refractivity contribution in [1.82, 2.24) is 9.55 Å². The van der Waals surface area contributed by atoms with Crippen molar-refractivity contribution in [1.29, 1.82) is 0 Å². The highest BCUT2D eigenvalue weighted by Gasteiger charge is 2.04. The molecular formula is C7H9N3O3. The summed E-state index contributed by atoms with van der Waals surface area (Å²) >= 11 is 0. The number of primary amides is 1. The van der Waals surface area contributed by atoms with E-state index in [4.69, 9.17) is 5.73 Å². The molecule has 0 saturated heterocycles. The first-order valence-electron chi connectivity index (χ1n) is 3.58. The van der Waals surface area contributed by atoms with E-state index in [-0.39, 0.29) is 6.42 Å². The number of carbonyl (C=O) groups is 1. The predicted molar refractivity (Wildman–Crippen MR) is 45.2 cm³/mol. The fourth-order valence-electron chi connectivity index (χ4n) is 0.952. The molecule has 70 valence electrons. The van der Waals surface area contributed by atoms with Crippen LogP contribution in [0.4, 0.5) is 0 Å². The Morgan fingerprint density at radius 2 is 2.23 bits per heavy atom. The zero-order valence-corrected chi connectivity index (χ0v) is 7.03. The summed E-state index contributed by atoms with van der Waals surface area (Å²) in [4.78, 5) is 34.4. The van der Waals surface area contributed by atoms with E-state index in [2.05, 4.69) is 4.98 Å². The van der Waals surface area contributed by atoms with E-state index in [0.717, 1.165) is 0 Å². The highest BCUT2D eigenvalue weighted by Crippen LogP contribution is 1.89. The standard InChI is InChI=1S/C7H9N3O3/c1-10-4(2-5(8)11)3-6(12)9-7(10)13/h3H,2H2,1H3,(H2,8,11)(H,9,12,13). The van der Waals surface area contributed by atoms with Gasteiger partial charge in [-0.3, -0.25) is 14.6 Å². The second-order valence-electron chi connectivity index (χ2n) is 2.63. The van der Waals surface area contributed by atoms with Gasteiger partial charge in [0.05, 0.1) is 6.42 Å². The van der Waals surface area contributed by atoms with Crippen LogP contribution in [0.25, 0.3) is 0 Å². The van der Waals surface area contributed by atoms with Gasteiger partial charge in [0.2, 0.25) is 5.91 Å². The zero-order valence-electron chi connectivity index (χ0n) is 7.03. The van der Waals surface area contributed by atoms with Crippen molar-refractivity contribution in [2.24, 2.45) is 12.8 Å². The van der Waals surface area contributed by atoms with E-state index in [1.807, 2.05) is 0 Å². The number of carbonyl (C=O) groups excluding carboxylic acids is 1. The molecule has 0 spiro atoms. The summed E-state index contributed by atoms with van der Waals surface area (Å²) in [5, 5.41) is 0. The summed E-state index contributed by atoms with van der Waals surface area (Å²) in [6.07, 6.45) is -0.115. The van der Waals surface area contributed by atoms with Gasteiger partial charge in [-0.2, -0.15) is 0 Å². The minimum absolute atomic E-state index is 0.115. The second-order valence-corrected chi connectivity index (χ2v) is 2.63. The van der Waals surface area contributed by atoms with Crippen LogP contribution in [-0.4, -0.2) is 15.5 Å². The maximum atomic E-state index is 11.0. The lowest BCUT2D eigenvalue weighted by Gasteiger charge is -2.03. The van der Waals surface area contributed by atoms with E-state index in [1.165, 1.54) is 17.7 Å². The van der Waals surface area contributed by atoms with Gasteiger partial charge >= 0.3 is 5.69 Å². The molecule has 0 bridgehead atoms. The Morgan fingerprint density at radius 1 is 1.62 bits per heavy atom. The smallest absolute Gasteiger partial charge is 0.328 e. The Labute approximate surface area is 73.0 Å². The van der Waals surface area contributed by atoms with Crippen molar-refractivity contribution in [2.45, 2.75) is 6.42 Å². The third kappa shape index (κ3) is 2.05. The number of hydrogen-bond acceptors (Lipinski definition) is 3. The molecule has 6 heteroatoms. The fraction of sp³-hybridized carbons (Fsp3) is 0.286. The molecule has 1 heterocycles. The van der Waals surface area contributed by atoms with Gasteiger partial charge in [0, 0.05) is 18.8 Å². The summed E-state index contributed by atoms with van der Waals surface area (Å²) in [5.41, 5.74) is 4.15. The fourth-order valence-corrected chi connectivity index (χ4v) is 0.952. The number of amides is 1. The summed E-state index contributed by atoms with van der Waals surface area (Å²) in [7, 11) is 1.45. The first kappa shape index (κ1) is 9.24. The van der Waals surface area contributed by atoms with E-state index in [1.54, 1.807) is 0 Å². The van der Waals surface area contributed by atoms with Crippen LogP contribution >= 0.6 is 0 Å². The topological polar surface area (TPSA) is 97.9 Å². The minimum Gasteiger partial charge on any atom is -0.369 e. The average molecular weight is 183 g/mol. The minimum atomic E-state index is -0.583. The molecule has 3 N–H and O–H groups in total. The third-order valence-corrected chi connectivity index (χ3v) is 1.62. The Bertz CT molecular complexity index is 443. The SMILES string of the molecule is Cn1c(CC(N)=O)cc(=O)[nH]c1=O. The lowest BCUT2D eigenvalue weighted by atomic mass is 10.3. The molecule has 6 nitrogen and oxygen atoms in total. The second kappa shape index (κ2) is 3.26. The first-order chi connectivity index (χ1) is 6.00. The molecule has 0 aromatic carbocycles. The highest BCUT2D eigenvalue weighted by molar-refractivity contribution is 5.76. The lowest BCUT2D eigenvalue weighted by Crippen LogP contribution is -2.31. The van der Waals surface area contributed by atoms with Gasteiger partial charge in [0.25, 0.3) is 5.56 Å². The molecule has 1 aromatic rings. The molecule has 0 aliphatic rings. The number of aromatic nitrogens is 2. The summed E-state index contributed by atoms with van der Waals surface area (Å²) in [5.74, 6) is -0.583. The molecule has 1 amide bonds. The molecule has 0 radical (unpaired) electrons. The lowest BCUT2D eigenvalue weighted by molar-refractivity contribution is -0.117. The van der Waals surface area contributed by atoms with E-state index in [9.17, 15) is 14.4 Å². The molecule has 0 saturated carbocycles. The van der Waals surface area contributed by atoms with E-state index < -0.39 is 17.2 Å².